The van der Waals surface area contributed by atoms with E-state index < -0.39 is 24.8 Å². The zero-order valence-electron chi connectivity index (χ0n) is 19.2. The molecular weight excluding hydrogens is 384 g/mol. The van der Waals surface area contributed by atoms with Crippen molar-refractivity contribution in [3.63, 3.8) is 0 Å². The predicted octanol–water partition coefficient (Wildman–Crippen LogP) is 4.85. The molecule has 0 amide bonds. The summed E-state index contributed by atoms with van der Waals surface area (Å²) in [7, 11) is 0. The Bertz CT molecular complexity index is 447. The lowest BCUT2D eigenvalue weighted by Gasteiger charge is -2.16. The number of aliphatic hydroxyl groups is 2. The van der Waals surface area contributed by atoms with Crippen LogP contribution in [0.3, 0.4) is 0 Å². The van der Waals surface area contributed by atoms with Gasteiger partial charge in [-0.15, -0.1) is 0 Å². The molecule has 0 aliphatic heterocycles. The maximum Gasteiger partial charge on any atom is 0.335 e. The minimum atomic E-state index is -1.27. The van der Waals surface area contributed by atoms with E-state index in [4.69, 9.17) is 19.7 Å². The second-order valence-electron chi connectivity index (χ2n) is 7.93. The van der Waals surface area contributed by atoms with E-state index in [2.05, 4.69) is 19.1 Å². The molecule has 30 heavy (non-hydrogen) atoms. The highest BCUT2D eigenvalue weighted by Crippen LogP contribution is 2.10. The molecule has 0 rings (SSSR count). The first-order chi connectivity index (χ1) is 14.5. The Hall–Kier alpha value is -1.40. The average molecular weight is 429 g/mol. The molecule has 0 saturated carbocycles. The number of allylic oxidation sites excluding steroid dienone is 2. The van der Waals surface area contributed by atoms with Crippen LogP contribution < -0.4 is 0 Å². The van der Waals surface area contributed by atoms with Crippen LogP contribution in [0, 0.1) is 0 Å². The minimum absolute atomic E-state index is 0.196. The first-order valence-electron chi connectivity index (χ1n) is 11.8. The molecule has 2 atom stereocenters. The van der Waals surface area contributed by atoms with E-state index in [1.54, 1.807) is 0 Å². The number of aliphatic hydroxyl groups excluding tert-OH is 2. The second-order valence-corrected chi connectivity index (χ2v) is 7.93. The van der Waals surface area contributed by atoms with Crippen molar-refractivity contribution in [2.24, 2.45) is 0 Å². The van der Waals surface area contributed by atoms with Gasteiger partial charge in [-0.05, 0) is 39.0 Å². The van der Waals surface area contributed by atoms with Crippen LogP contribution in [0.25, 0.3) is 0 Å². The summed E-state index contributed by atoms with van der Waals surface area (Å²) < 4.78 is 9.85. The Labute approximate surface area is 183 Å². The Morgan fingerprint density at radius 2 is 1.40 bits per heavy atom. The molecule has 0 saturated heterocycles. The smallest absolute Gasteiger partial charge is 0.335 e. The fourth-order valence-electron chi connectivity index (χ4n) is 2.98. The summed E-state index contributed by atoms with van der Waals surface area (Å²) in [5.41, 5.74) is 0. The van der Waals surface area contributed by atoms with E-state index in [1.165, 1.54) is 58.3 Å². The van der Waals surface area contributed by atoms with Gasteiger partial charge in [0.1, 0.15) is 12.7 Å². The number of hydrogen-bond donors (Lipinski definition) is 2. The Balaban J connectivity index is 3.50. The highest BCUT2D eigenvalue weighted by atomic mass is 16.6. The summed E-state index contributed by atoms with van der Waals surface area (Å²) in [5, 5.41) is 18.2. The van der Waals surface area contributed by atoms with Gasteiger partial charge in [0.25, 0.3) is 0 Å². The Morgan fingerprint density at radius 1 is 0.867 bits per heavy atom. The fraction of sp³-hybridized carbons (Fsp3) is 0.833. The molecule has 0 bridgehead atoms. The number of hydrogen-bond acceptors (Lipinski definition) is 6. The maximum absolute atomic E-state index is 11.7. The summed E-state index contributed by atoms with van der Waals surface area (Å²) in [6.07, 6.45) is 18.3. The normalized spacial score (nSPS) is 13.3. The highest BCUT2D eigenvalue weighted by Gasteiger charge is 2.19. The number of esters is 2. The van der Waals surface area contributed by atoms with Crippen LogP contribution in [0.2, 0.25) is 0 Å². The Kier molecular flexibility index (Phi) is 19.9. The summed E-state index contributed by atoms with van der Waals surface area (Å²) in [6, 6.07) is 0. The number of ether oxygens (including phenoxy) is 2. The van der Waals surface area contributed by atoms with Crippen molar-refractivity contribution in [3.8, 4) is 0 Å². The molecular formula is C24H44O6. The third kappa shape index (κ3) is 18.6. The molecule has 0 radical (unpaired) electrons. The third-order valence-electron chi connectivity index (χ3n) is 4.90. The van der Waals surface area contributed by atoms with E-state index in [-0.39, 0.29) is 12.6 Å². The van der Waals surface area contributed by atoms with Crippen LogP contribution in [-0.2, 0) is 19.1 Å². The fourth-order valence-corrected chi connectivity index (χ4v) is 2.98. The van der Waals surface area contributed by atoms with Gasteiger partial charge in [-0.2, -0.15) is 0 Å². The average Bonchev–Trinajstić information content (AvgIpc) is 2.73. The van der Waals surface area contributed by atoms with Gasteiger partial charge in [0, 0.05) is 6.42 Å². The molecule has 0 aromatic rings. The zero-order valence-corrected chi connectivity index (χ0v) is 19.2. The van der Waals surface area contributed by atoms with Crippen LogP contribution >= 0.6 is 0 Å². The van der Waals surface area contributed by atoms with E-state index in [0.29, 0.717) is 6.42 Å². The molecule has 0 spiro atoms. The summed E-state index contributed by atoms with van der Waals surface area (Å²) in [4.78, 5) is 23.0. The molecule has 2 unspecified atom stereocenters. The lowest BCUT2D eigenvalue weighted by molar-refractivity contribution is -0.167. The highest BCUT2D eigenvalue weighted by molar-refractivity contribution is 5.74. The van der Waals surface area contributed by atoms with Gasteiger partial charge in [-0.25, -0.2) is 4.79 Å². The van der Waals surface area contributed by atoms with Crippen molar-refractivity contribution >= 4 is 11.9 Å². The zero-order chi connectivity index (χ0) is 22.5. The number of carbonyl (C=O) groups is 2. The molecule has 6 nitrogen and oxygen atoms in total. The monoisotopic (exact) mass is 428 g/mol. The molecule has 0 fully saturated rings. The molecule has 2 N–H and O–H groups in total. The number of rotatable bonds is 20. The standard InChI is InChI=1S/C24H44O6/c1-3-4-5-6-7-8-9-10-11-12-13-14-15-16-17-18-23(27)29-20-22(19-25)30-24(28)21(2)26/h10-11,21-22,25-26H,3-9,12-20H2,1-2H3/b11-10-. The molecule has 0 aliphatic carbocycles. The molecule has 176 valence electrons. The molecule has 0 heterocycles. The largest absolute Gasteiger partial charge is 0.462 e. The maximum atomic E-state index is 11.7. The van der Waals surface area contributed by atoms with Gasteiger partial charge in [-0.3, -0.25) is 4.79 Å². The van der Waals surface area contributed by atoms with Crippen LogP contribution in [0.5, 0.6) is 0 Å². The van der Waals surface area contributed by atoms with Crippen molar-refractivity contribution in [1.82, 2.24) is 0 Å². The summed E-state index contributed by atoms with van der Waals surface area (Å²) in [6.45, 7) is 2.86. The molecule has 0 aromatic carbocycles. The van der Waals surface area contributed by atoms with Crippen LogP contribution in [0.4, 0.5) is 0 Å². The Morgan fingerprint density at radius 3 is 1.93 bits per heavy atom. The van der Waals surface area contributed by atoms with Gasteiger partial charge in [0.15, 0.2) is 6.10 Å². The van der Waals surface area contributed by atoms with Gasteiger partial charge in [0.05, 0.1) is 6.61 Å². The van der Waals surface area contributed by atoms with E-state index in [9.17, 15) is 9.59 Å². The molecule has 6 heteroatoms. The molecule has 0 aliphatic rings. The van der Waals surface area contributed by atoms with Crippen LogP contribution in [0.15, 0.2) is 12.2 Å². The summed E-state index contributed by atoms with van der Waals surface area (Å²) in [5.74, 6) is -1.21. The minimum Gasteiger partial charge on any atom is -0.462 e. The first kappa shape index (κ1) is 28.6. The van der Waals surface area contributed by atoms with Crippen molar-refractivity contribution in [1.29, 1.82) is 0 Å². The third-order valence-corrected chi connectivity index (χ3v) is 4.90. The van der Waals surface area contributed by atoms with Crippen LogP contribution in [0.1, 0.15) is 104 Å². The van der Waals surface area contributed by atoms with Gasteiger partial charge in [-0.1, -0.05) is 70.4 Å². The lowest BCUT2D eigenvalue weighted by atomic mass is 10.1. The quantitative estimate of drug-likeness (QED) is 0.164. The van der Waals surface area contributed by atoms with Crippen molar-refractivity contribution in [3.05, 3.63) is 12.2 Å². The predicted molar refractivity (Wildman–Crippen MR) is 119 cm³/mol. The van der Waals surface area contributed by atoms with Gasteiger partial charge < -0.3 is 19.7 Å². The van der Waals surface area contributed by atoms with E-state index in [1.807, 2.05) is 0 Å². The van der Waals surface area contributed by atoms with E-state index >= 15 is 0 Å². The van der Waals surface area contributed by atoms with E-state index in [0.717, 1.165) is 32.1 Å². The van der Waals surface area contributed by atoms with Crippen LogP contribution in [-0.4, -0.2) is 47.6 Å². The lowest BCUT2D eigenvalue weighted by Crippen LogP contribution is -2.32. The first-order valence-corrected chi connectivity index (χ1v) is 11.8. The molecule has 0 aromatic heterocycles. The van der Waals surface area contributed by atoms with Crippen molar-refractivity contribution in [2.75, 3.05) is 13.2 Å². The second kappa shape index (κ2) is 20.9. The van der Waals surface area contributed by atoms with Gasteiger partial charge in [0.2, 0.25) is 0 Å². The van der Waals surface area contributed by atoms with Crippen molar-refractivity contribution in [2.45, 2.75) is 116 Å². The SMILES string of the molecule is CCCCCCCC/C=C\CCCCCCCC(=O)OCC(CO)OC(=O)C(C)O. The van der Waals surface area contributed by atoms with Gasteiger partial charge >= 0.3 is 11.9 Å². The number of unbranched alkanes of at least 4 members (excludes halogenated alkanes) is 11. The number of carbonyl (C=O) groups excluding carboxylic acids is 2. The summed E-state index contributed by atoms with van der Waals surface area (Å²) >= 11 is 0. The van der Waals surface area contributed by atoms with Crippen molar-refractivity contribution < 1.29 is 29.3 Å². The topological polar surface area (TPSA) is 93.1 Å².